The Morgan fingerprint density at radius 1 is 1.10 bits per heavy atom. The summed E-state index contributed by atoms with van der Waals surface area (Å²) in [6.45, 7) is 6.38. The van der Waals surface area contributed by atoms with Gasteiger partial charge in [-0.05, 0) is 42.9 Å². The topological polar surface area (TPSA) is 53.5 Å². The van der Waals surface area contributed by atoms with Crippen molar-refractivity contribution in [1.82, 2.24) is 19.8 Å². The predicted octanol–water partition coefficient (Wildman–Crippen LogP) is 3.10. The highest BCUT2D eigenvalue weighted by atomic mass is 16.5. The Morgan fingerprint density at radius 2 is 1.93 bits per heavy atom. The number of hydrogen-bond donors (Lipinski definition) is 1. The molecule has 0 saturated carbocycles. The molecule has 29 heavy (non-hydrogen) atoms. The summed E-state index contributed by atoms with van der Waals surface area (Å²) in [4.78, 5) is 13.8. The van der Waals surface area contributed by atoms with Crippen LogP contribution in [0.5, 0.6) is 0 Å². The fourth-order valence-electron chi connectivity index (χ4n) is 3.72. The number of rotatable bonds is 7. The molecule has 0 aliphatic carbocycles. The van der Waals surface area contributed by atoms with Crippen molar-refractivity contribution in [2.75, 3.05) is 58.8 Å². The lowest BCUT2D eigenvalue weighted by Gasteiger charge is -2.26. The van der Waals surface area contributed by atoms with E-state index in [9.17, 15) is 0 Å². The largest absolute Gasteiger partial charge is 0.379 e. The van der Waals surface area contributed by atoms with Crippen molar-refractivity contribution in [3.63, 3.8) is 0 Å². The molecule has 0 amide bonds. The van der Waals surface area contributed by atoms with Crippen LogP contribution in [0.2, 0.25) is 0 Å². The number of ether oxygens (including phenoxy) is 1. The summed E-state index contributed by atoms with van der Waals surface area (Å²) in [7, 11) is 4.19. The van der Waals surface area contributed by atoms with Crippen LogP contribution in [0.1, 0.15) is 5.56 Å². The first-order valence-electron chi connectivity index (χ1n) is 10.2. The van der Waals surface area contributed by atoms with Gasteiger partial charge in [-0.25, -0.2) is 9.97 Å². The molecule has 4 rings (SSSR count). The number of nitrogens with zero attached hydrogens (tertiary/aromatic N) is 4. The van der Waals surface area contributed by atoms with Gasteiger partial charge in [0.2, 0.25) is 5.95 Å². The van der Waals surface area contributed by atoms with Crippen molar-refractivity contribution in [3.05, 3.63) is 54.2 Å². The normalized spacial score (nSPS) is 15.1. The third-order valence-electron chi connectivity index (χ3n) is 5.21. The van der Waals surface area contributed by atoms with Crippen LogP contribution in [0, 0.1) is 0 Å². The van der Waals surface area contributed by atoms with Gasteiger partial charge >= 0.3 is 0 Å². The van der Waals surface area contributed by atoms with Gasteiger partial charge in [-0.2, -0.15) is 0 Å². The average Bonchev–Trinajstić information content (AvgIpc) is 2.74. The second-order valence-corrected chi connectivity index (χ2v) is 7.74. The zero-order valence-electron chi connectivity index (χ0n) is 17.3. The monoisotopic (exact) mass is 391 g/mol. The molecule has 6 nitrogen and oxygen atoms in total. The Morgan fingerprint density at radius 3 is 2.76 bits per heavy atom. The van der Waals surface area contributed by atoms with E-state index in [0.717, 1.165) is 56.8 Å². The Balaban J connectivity index is 1.47. The third kappa shape index (κ3) is 5.09. The molecular weight excluding hydrogens is 362 g/mol. The van der Waals surface area contributed by atoms with Crippen LogP contribution >= 0.6 is 0 Å². The van der Waals surface area contributed by atoms with Crippen LogP contribution in [0.3, 0.4) is 0 Å². The van der Waals surface area contributed by atoms with E-state index in [1.807, 2.05) is 6.20 Å². The fourth-order valence-corrected chi connectivity index (χ4v) is 3.72. The maximum absolute atomic E-state index is 5.39. The molecule has 0 radical (unpaired) electrons. The first kappa shape index (κ1) is 19.8. The quantitative estimate of drug-likeness (QED) is 0.668. The molecule has 1 aliphatic rings. The van der Waals surface area contributed by atoms with Crippen molar-refractivity contribution >= 4 is 16.9 Å². The van der Waals surface area contributed by atoms with E-state index in [2.05, 4.69) is 81.6 Å². The molecule has 0 atom stereocenters. The van der Waals surface area contributed by atoms with Crippen LogP contribution in [0.25, 0.3) is 22.0 Å². The molecule has 2 heterocycles. The molecule has 0 spiro atoms. The van der Waals surface area contributed by atoms with Crippen molar-refractivity contribution in [1.29, 1.82) is 0 Å². The van der Waals surface area contributed by atoms with E-state index in [1.165, 1.54) is 16.7 Å². The number of anilines is 1. The number of nitrogens with one attached hydrogen (secondary N) is 1. The maximum atomic E-state index is 5.39. The Hall–Kier alpha value is -2.54. The van der Waals surface area contributed by atoms with Gasteiger partial charge in [-0.15, -0.1) is 0 Å². The Labute approximate surface area is 172 Å². The van der Waals surface area contributed by atoms with Gasteiger partial charge in [-0.3, -0.25) is 4.90 Å². The maximum Gasteiger partial charge on any atom is 0.223 e. The Bertz CT molecular complexity index is 953. The van der Waals surface area contributed by atoms with Crippen LogP contribution in [0.4, 0.5) is 5.95 Å². The highest BCUT2D eigenvalue weighted by Gasteiger charge is 2.10. The van der Waals surface area contributed by atoms with Gasteiger partial charge in [0, 0.05) is 44.3 Å². The molecule has 1 aromatic heterocycles. The molecule has 1 aliphatic heterocycles. The fraction of sp³-hybridized carbons (Fsp3) is 0.391. The predicted molar refractivity (Wildman–Crippen MR) is 118 cm³/mol. The first-order valence-corrected chi connectivity index (χ1v) is 10.2. The van der Waals surface area contributed by atoms with E-state index in [4.69, 9.17) is 4.74 Å². The van der Waals surface area contributed by atoms with E-state index in [1.54, 1.807) is 0 Å². The van der Waals surface area contributed by atoms with E-state index in [0.29, 0.717) is 5.95 Å². The smallest absolute Gasteiger partial charge is 0.223 e. The van der Waals surface area contributed by atoms with Gasteiger partial charge < -0.3 is 15.0 Å². The zero-order chi connectivity index (χ0) is 20.1. The van der Waals surface area contributed by atoms with Crippen molar-refractivity contribution in [2.45, 2.75) is 6.54 Å². The number of aromatic nitrogens is 2. The van der Waals surface area contributed by atoms with Gasteiger partial charge in [0.05, 0.1) is 18.7 Å². The lowest BCUT2D eigenvalue weighted by molar-refractivity contribution is 0.0398. The summed E-state index contributed by atoms with van der Waals surface area (Å²) < 4.78 is 5.39. The molecule has 1 saturated heterocycles. The third-order valence-corrected chi connectivity index (χ3v) is 5.21. The van der Waals surface area contributed by atoms with Crippen LogP contribution in [-0.2, 0) is 11.3 Å². The second-order valence-electron chi connectivity index (χ2n) is 7.74. The summed E-state index contributed by atoms with van der Waals surface area (Å²) in [5.41, 5.74) is 4.74. The molecular formula is C23H29N5O. The minimum Gasteiger partial charge on any atom is -0.379 e. The number of benzene rings is 2. The molecule has 0 unspecified atom stereocenters. The van der Waals surface area contributed by atoms with E-state index < -0.39 is 0 Å². The highest BCUT2D eigenvalue weighted by Crippen LogP contribution is 2.27. The van der Waals surface area contributed by atoms with Gasteiger partial charge in [0.25, 0.3) is 0 Å². The minimum atomic E-state index is 0.687. The van der Waals surface area contributed by atoms with E-state index in [-0.39, 0.29) is 0 Å². The lowest BCUT2D eigenvalue weighted by atomic mass is 9.98. The van der Waals surface area contributed by atoms with E-state index >= 15 is 0 Å². The second kappa shape index (κ2) is 9.31. The Kier molecular flexibility index (Phi) is 6.34. The number of hydrogen-bond acceptors (Lipinski definition) is 6. The lowest BCUT2D eigenvalue weighted by Crippen LogP contribution is -2.39. The van der Waals surface area contributed by atoms with Crippen LogP contribution in [0.15, 0.2) is 48.7 Å². The van der Waals surface area contributed by atoms with Crippen molar-refractivity contribution in [2.24, 2.45) is 0 Å². The summed E-state index contributed by atoms with van der Waals surface area (Å²) in [6.07, 6.45) is 1.91. The number of fused-ring (bicyclic) bond motifs is 1. The van der Waals surface area contributed by atoms with Gasteiger partial charge in [-0.1, -0.05) is 30.3 Å². The molecule has 1 fully saturated rings. The number of morpholine rings is 1. The highest BCUT2D eigenvalue weighted by molar-refractivity contribution is 5.85. The summed E-state index contributed by atoms with van der Waals surface area (Å²) in [5, 5.41) is 4.41. The summed E-state index contributed by atoms with van der Waals surface area (Å²) in [5.74, 6) is 0.687. The molecule has 152 valence electrons. The van der Waals surface area contributed by atoms with Gasteiger partial charge in [0.15, 0.2) is 0 Å². The molecule has 6 heteroatoms. The minimum absolute atomic E-state index is 0.687. The summed E-state index contributed by atoms with van der Waals surface area (Å²) in [6, 6.07) is 15.0. The standard InChI is InChI=1S/C23H29N5O/c1-27(2)17-19-5-3-4-6-21(19)18-7-8-22-20(15-18)16-25-23(26-22)24-9-10-28-11-13-29-14-12-28/h3-8,15-16H,9-14,17H2,1-2H3,(H,24,25,26). The van der Waals surface area contributed by atoms with Crippen molar-refractivity contribution in [3.8, 4) is 11.1 Å². The molecule has 3 aromatic rings. The van der Waals surface area contributed by atoms with Crippen molar-refractivity contribution < 1.29 is 4.74 Å². The van der Waals surface area contributed by atoms with Gasteiger partial charge in [0.1, 0.15) is 0 Å². The van der Waals surface area contributed by atoms with Crippen LogP contribution in [-0.4, -0.2) is 73.3 Å². The average molecular weight is 392 g/mol. The summed E-state index contributed by atoms with van der Waals surface area (Å²) >= 11 is 0. The SMILES string of the molecule is CN(C)Cc1ccccc1-c1ccc2nc(NCCN3CCOCC3)ncc2c1. The molecule has 0 bridgehead atoms. The zero-order valence-corrected chi connectivity index (χ0v) is 17.3. The molecule has 2 aromatic carbocycles. The molecule has 1 N–H and O–H groups in total. The van der Waals surface area contributed by atoms with Crippen LogP contribution < -0.4 is 5.32 Å². The first-order chi connectivity index (χ1) is 14.2.